The SMILES string of the molecule is Cc1ccc(NC(=O)c2ccnc(C(=O)Nc3ccc4c(c3)OCO4)c2)cc1C. The Morgan fingerprint density at radius 1 is 0.828 bits per heavy atom. The van der Waals surface area contributed by atoms with Crippen molar-refractivity contribution < 1.29 is 19.1 Å². The molecule has 0 fully saturated rings. The maximum atomic E-state index is 12.6. The average molecular weight is 389 g/mol. The van der Waals surface area contributed by atoms with Gasteiger partial charge in [0.25, 0.3) is 11.8 Å². The van der Waals surface area contributed by atoms with Crippen molar-refractivity contribution in [3.05, 3.63) is 77.1 Å². The molecule has 2 heterocycles. The maximum absolute atomic E-state index is 12.6. The molecular formula is C22H19N3O4. The maximum Gasteiger partial charge on any atom is 0.274 e. The second kappa shape index (κ2) is 7.63. The lowest BCUT2D eigenvalue weighted by Crippen LogP contribution is -2.17. The van der Waals surface area contributed by atoms with Gasteiger partial charge in [0.15, 0.2) is 11.5 Å². The first-order chi connectivity index (χ1) is 14.0. The average Bonchev–Trinajstić information content (AvgIpc) is 3.18. The highest BCUT2D eigenvalue weighted by atomic mass is 16.7. The fourth-order valence-electron chi connectivity index (χ4n) is 2.89. The van der Waals surface area contributed by atoms with Crippen molar-refractivity contribution in [2.75, 3.05) is 17.4 Å². The minimum atomic E-state index is -0.426. The molecule has 1 aliphatic rings. The lowest BCUT2D eigenvalue weighted by molar-refractivity contribution is 0.102. The van der Waals surface area contributed by atoms with E-state index in [0.717, 1.165) is 11.1 Å². The quantitative estimate of drug-likeness (QED) is 0.706. The van der Waals surface area contributed by atoms with Crippen molar-refractivity contribution >= 4 is 23.2 Å². The van der Waals surface area contributed by atoms with E-state index in [1.807, 2.05) is 32.0 Å². The molecule has 2 aromatic carbocycles. The highest BCUT2D eigenvalue weighted by molar-refractivity contribution is 6.07. The van der Waals surface area contributed by atoms with E-state index >= 15 is 0 Å². The molecule has 0 atom stereocenters. The summed E-state index contributed by atoms with van der Waals surface area (Å²) < 4.78 is 10.6. The zero-order chi connectivity index (χ0) is 20.4. The summed E-state index contributed by atoms with van der Waals surface area (Å²) in [5.74, 6) is 0.459. The second-order valence-electron chi connectivity index (χ2n) is 6.71. The summed E-state index contributed by atoms with van der Waals surface area (Å²) in [6.45, 7) is 4.15. The molecular weight excluding hydrogens is 370 g/mol. The number of rotatable bonds is 4. The Labute approximate surface area is 167 Å². The predicted octanol–water partition coefficient (Wildman–Crippen LogP) is 3.93. The van der Waals surface area contributed by atoms with Crippen molar-refractivity contribution in [1.82, 2.24) is 4.98 Å². The van der Waals surface area contributed by atoms with Crippen molar-refractivity contribution in [2.45, 2.75) is 13.8 Å². The van der Waals surface area contributed by atoms with Crippen LogP contribution in [0.1, 0.15) is 32.0 Å². The Bertz CT molecular complexity index is 1110. The van der Waals surface area contributed by atoms with Crippen LogP contribution in [0.25, 0.3) is 0 Å². The molecule has 1 aromatic heterocycles. The van der Waals surface area contributed by atoms with Gasteiger partial charge in [-0.3, -0.25) is 14.6 Å². The number of hydrogen-bond donors (Lipinski definition) is 2. The van der Waals surface area contributed by atoms with Gasteiger partial charge in [-0.05, 0) is 61.4 Å². The Hall–Kier alpha value is -3.87. The molecule has 0 saturated heterocycles. The van der Waals surface area contributed by atoms with E-state index in [-0.39, 0.29) is 18.4 Å². The Kier molecular flexibility index (Phi) is 4.87. The van der Waals surface area contributed by atoms with Crippen LogP contribution in [-0.4, -0.2) is 23.6 Å². The number of benzene rings is 2. The van der Waals surface area contributed by atoms with Crippen LogP contribution in [0.4, 0.5) is 11.4 Å². The third-order valence-corrected chi connectivity index (χ3v) is 4.65. The number of fused-ring (bicyclic) bond motifs is 1. The zero-order valence-corrected chi connectivity index (χ0v) is 16.0. The van der Waals surface area contributed by atoms with E-state index in [2.05, 4.69) is 15.6 Å². The molecule has 3 aromatic rings. The Morgan fingerprint density at radius 2 is 1.55 bits per heavy atom. The lowest BCUT2D eigenvalue weighted by atomic mass is 10.1. The van der Waals surface area contributed by atoms with Crippen LogP contribution in [0.15, 0.2) is 54.7 Å². The topological polar surface area (TPSA) is 89.6 Å². The molecule has 29 heavy (non-hydrogen) atoms. The number of hydrogen-bond acceptors (Lipinski definition) is 5. The zero-order valence-electron chi connectivity index (χ0n) is 16.0. The summed E-state index contributed by atoms with van der Waals surface area (Å²) in [6.07, 6.45) is 1.43. The van der Waals surface area contributed by atoms with Gasteiger partial charge in [-0.15, -0.1) is 0 Å². The number of pyridine rings is 1. The molecule has 7 heteroatoms. The van der Waals surface area contributed by atoms with E-state index in [0.29, 0.717) is 28.4 Å². The van der Waals surface area contributed by atoms with Crippen LogP contribution < -0.4 is 20.1 Å². The number of anilines is 2. The van der Waals surface area contributed by atoms with Crippen molar-refractivity contribution in [3.8, 4) is 11.5 Å². The smallest absolute Gasteiger partial charge is 0.274 e. The summed E-state index contributed by atoms with van der Waals surface area (Å²) in [5.41, 5.74) is 3.95. The van der Waals surface area contributed by atoms with Gasteiger partial charge < -0.3 is 20.1 Å². The summed E-state index contributed by atoms with van der Waals surface area (Å²) in [7, 11) is 0. The molecule has 2 N–H and O–H groups in total. The third kappa shape index (κ3) is 4.03. The van der Waals surface area contributed by atoms with Crippen molar-refractivity contribution in [3.63, 3.8) is 0 Å². The van der Waals surface area contributed by atoms with Gasteiger partial charge in [-0.25, -0.2) is 0 Å². The minimum absolute atomic E-state index is 0.135. The van der Waals surface area contributed by atoms with Crippen LogP contribution in [0.3, 0.4) is 0 Å². The Balaban J connectivity index is 1.48. The number of nitrogens with zero attached hydrogens (tertiary/aromatic N) is 1. The fourth-order valence-corrected chi connectivity index (χ4v) is 2.89. The number of aryl methyl sites for hydroxylation is 2. The lowest BCUT2D eigenvalue weighted by Gasteiger charge is -2.09. The van der Waals surface area contributed by atoms with E-state index < -0.39 is 5.91 Å². The van der Waals surface area contributed by atoms with Gasteiger partial charge in [0.05, 0.1) is 0 Å². The highest BCUT2D eigenvalue weighted by Gasteiger charge is 2.16. The van der Waals surface area contributed by atoms with Gasteiger partial charge in [0.2, 0.25) is 6.79 Å². The monoisotopic (exact) mass is 389 g/mol. The standard InChI is InChI=1S/C22H19N3O4/c1-13-3-4-16(9-14(13)2)24-21(26)15-7-8-23-18(10-15)22(27)25-17-5-6-19-20(11-17)29-12-28-19/h3-11H,12H2,1-2H3,(H,24,26)(H,25,27). The predicted molar refractivity (Wildman–Crippen MR) is 109 cm³/mol. The van der Waals surface area contributed by atoms with E-state index in [9.17, 15) is 9.59 Å². The molecule has 0 spiro atoms. The molecule has 0 unspecified atom stereocenters. The molecule has 2 amide bonds. The first kappa shape index (κ1) is 18.5. The van der Waals surface area contributed by atoms with Crippen LogP contribution in [0.5, 0.6) is 11.5 Å². The van der Waals surface area contributed by atoms with Gasteiger partial charge in [0, 0.05) is 29.2 Å². The van der Waals surface area contributed by atoms with Gasteiger partial charge >= 0.3 is 0 Å². The van der Waals surface area contributed by atoms with Crippen molar-refractivity contribution in [2.24, 2.45) is 0 Å². The van der Waals surface area contributed by atoms with Crippen molar-refractivity contribution in [1.29, 1.82) is 0 Å². The number of carbonyl (C=O) groups is 2. The van der Waals surface area contributed by atoms with Gasteiger partial charge in [-0.1, -0.05) is 6.07 Å². The first-order valence-corrected chi connectivity index (χ1v) is 9.05. The van der Waals surface area contributed by atoms with Gasteiger partial charge in [-0.2, -0.15) is 0 Å². The second-order valence-corrected chi connectivity index (χ2v) is 6.71. The molecule has 0 bridgehead atoms. The third-order valence-electron chi connectivity index (χ3n) is 4.65. The summed E-state index contributed by atoms with van der Waals surface area (Å²) >= 11 is 0. The number of carbonyl (C=O) groups excluding carboxylic acids is 2. The molecule has 1 aliphatic heterocycles. The molecule has 7 nitrogen and oxygen atoms in total. The summed E-state index contributed by atoms with van der Waals surface area (Å²) in [6, 6.07) is 13.8. The first-order valence-electron chi connectivity index (χ1n) is 9.05. The molecule has 0 saturated carbocycles. The largest absolute Gasteiger partial charge is 0.454 e. The summed E-state index contributed by atoms with van der Waals surface area (Å²) in [4.78, 5) is 29.2. The number of amides is 2. The van der Waals surface area contributed by atoms with Crippen LogP contribution in [0, 0.1) is 13.8 Å². The van der Waals surface area contributed by atoms with Crippen LogP contribution in [-0.2, 0) is 0 Å². The number of ether oxygens (including phenoxy) is 2. The number of aromatic nitrogens is 1. The molecule has 4 rings (SSSR count). The Morgan fingerprint density at radius 3 is 2.38 bits per heavy atom. The normalized spacial score (nSPS) is 11.8. The molecule has 0 radical (unpaired) electrons. The minimum Gasteiger partial charge on any atom is -0.454 e. The van der Waals surface area contributed by atoms with E-state index in [1.165, 1.54) is 12.3 Å². The molecule has 146 valence electrons. The number of nitrogens with one attached hydrogen (secondary N) is 2. The fraction of sp³-hybridized carbons (Fsp3) is 0.136. The molecule has 0 aliphatic carbocycles. The van der Waals surface area contributed by atoms with Gasteiger partial charge in [0.1, 0.15) is 5.69 Å². The van der Waals surface area contributed by atoms with E-state index in [4.69, 9.17) is 9.47 Å². The van der Waals surface area contributed by atoms with Crippen LogP contribution in [0.2, 0.25) is 0 Å². The van der Waals surface area contributed by atoms with Crippen LogP contribution >= 0.6 is 0 Å². The van der Waals surface area contributed by atoms with E-state index in [1.54, 1.807) is 24.3 Å². The highest BCUT2D eigenvalue weighted by Crippen LogP contribution is 2.34. The summed E-state index contributed by atoms with van der Waals surface area (Å²) in [5, 5.41) is 5.59.